The average molecular weight is 203 g/mol. The number of carbonyl (C=O) groups excluding carboxylic acids is 1. The summed E-state index contributed by atoms with van der Waals surface area (Å²) in [4.78, 5) is 11.5. The molecule has 0 heterocycles. The first kappa shape index (κ1) is 12.8. The summed E-state index contributed by atoms with van der Waals surface area (Å²) in [5.41, 5.74) is -0.106. The summed E-state index contributed by atoms with van der Waals surface area (Å²) in [6.07, 6.45) is 3.03. The lowest BCUT2D eigenvalue weighted by Gasteiger charge is -2.23. The van der Waals surface area contributed by atoms with Crippen molar-refractivity contribution in [2.24, 2.45) is 5.92 Å². The van der Waals surface area contributed by atoms with Crippen molar-refractivity contribution in [3.63, 3.8) is 0 Å². The molecule has 0 aliphatic carbocycles. The fraction of sp³-hybridized carbons (Fsp3) is 0.900. The molecular formula is C10H21NOS. The highest BCUT2D eigenvalue weighted by Crippen LogP contribution is 2.09. The Hall–Kier alpha value is -0.180. The van der Waals surface area contributed by atoms with Crippen LogP contribution in [0.25, 0.3) is 0 Å². The normalized spacial score (nSPS) is 13.9. The fourth-order valence-corrected chi connectivity index (χ4v) is 1.51. The molecule has 0 radical (unpaired) electrons. The number of nitrogens with one attached hydrogen (secondary N) is 1. The molecule has 0 aromatic carbocycles. The molecular weight excluding hydrogens is 182 g/mol. The lowest BCUT2D eigenvalue weighted by atomic mass is 10.0. The monoisotopic (exact) mass is 203 g/mol. The minimum atomic E-state index is -0.106. The molecule has 1 atom stereocenters. The second kappa shape index (κ2) is 5.53. The van der Waals surface area contributed by atoms with Crippen LogP contribution in [0.2, 0.25) is 0 Å². The first-order valence-corrected chi connectivity index (χ1v) is 6.07. The maximum Gasteiger partial charge on any atom is 0.223 e. The van der Waals surface area contributed by atoms with Crippen LogP contribution in [0.5, 0.6) is 0 Å². The molecule has 78 valence electrons. The molecule has 1 unspecified atom stereocenters. The van der Waals surface area contributed by atoms with Crippen molar-refractivity contribution in [3.8, 4) is 0 Å². The number of amides is 1. The van der Waals surface area contributed by atoms with Crippen LogP contribution in [-0.2, 0) is 4.79 Å². The van der Waals surface area contributed by atoms with E-state index >= 15 is 0 Å². The van der Waals surface area contributed by atoms with E-state index in [-0.39, 0.29) is 17.4 Å². The van der Waals surface area contributed by atoms with Crippen LogP contribution in [0.15, 0.2) is 0 Å². The van der Waals surface area contributed by atoms with Crippen LogP contribution in [0.3, 0.4) is 0 Å². The van der Waals surface area contributed by atoms with Gasteiger partial charge in [0.2, 0.25) is 5.91 Å². The summed E-state index contributed by atoms with van der Waals surface area (Å²) in [7, 11) is 0. The zero-order chi connectivity index (χ0) is 10.5. The largest absolute Gasteiger partial charge is 0.351 e. The Morgan fingerprint density at radius 3 is 2.38 bits per heavy atom. The molecule has 0 bridgehead atoms. The van der Waals surface area contributed by atoms with Crippen molar-refractivity contribution in [3.05, 3.63) is 0 Å². The Balaban J connectivity index is 3.83. The van der Waals surface area contributed by atoms with Gasteiger partial charge in [-0.3, -0.25) is 4.79 Å². The fourth-order valence-electron chi connectivity index (χ4n) is 0.919. The van der Waals surface area contributed by atoms with Gasteiger partial charge in [-0.25, -0.2) is 0 Å². The zero-order valence-electron chi connectivity index (χ0n) is 9.31. The second-order valence-electron chi connectivity index (χ2n) is 4.42. The second-order valence-corrected chi connectivity index (χ2v) is 5.41. The Morgan fingerprint density at radius 2 is 2.00 bits per heavy atom. The molecule has 0 spiro atoms. The van der Waals surface area contributed by atoms with Gasteiger partial charge in [0, 0.05) is 11.5 Å². The summed E-state index contributed by atoms with van der Waals surface area (Å²) in [6.45, 7) is 8.00. The molecule has 1 N–H and O–H groups in total. The molecule has 0 aromatic rings. The third kappa shape index (κ3) is 6.94. The number of hydrogen-bond acceptors (Lipinski definition) is 2. The van der Waals surface area contributed by atoms with Crippen molar-refractivity contribution in [1.29, 1.82) is 0 Å². The lowest BCUT2D eigenvalue weighted by molar-refractivity contribution is -0.125. The van der Waals surface area contributed by atoms with E-state index in [0.29, 0.717) is 0 Å². The van der Waals surface area contributed by atoms with Crippen molar-refractivity contribution in [2.75, 3.05) is 12.0 Å². The van der Waals surface area contributed by atoms with Gasteiger partial charge in [0.05, 0.1) is 0 Å². The average Bonchev–Trinajstić information content (AvgIpc) is 1.96. The molecule has 0 aromatic heterocycles. The standard InChI is InChI=1S/C10H21NOS/c1-8(6-7-13-5)9(12)11-10(2,3)4/h8H,6-7H2,1-5H3,(H,11,12). The Labute approximate surface area is 85.9 Å². The molecule has 0 saturated carbocycles. The minimum absolute atomic E-state index is 0.106. The highest BCUT2D eigenvalue weighted by molar-refractivity contribution is 7.98. The quantitative estimate of drug-likeness (QED) is 0.759. The highest BCUT2D eigenvalue weighted by atomic mass is 32.2. The van der Waals surface area contributed by atoms with Gasteiger partial charge >= 0.3 is 0 Å². The summed E-state index contributed by atoms with van der Waals surface area (Å²) >= 11 is 1.79. The van der Waals surface area contributed by atoms with Gasteiger partial charge in [-0.05, 0) is 39.2 Å². The van der Waals surface area contributed by atoms with Gasteiger partial charge in [-0.15, -0.1) is 0 Å². The van der Waals surface area contributed by atoms with Crippen molar-refractivity contribution in [1.82, 2.24) is 5.32 Å². The number of rotatable bonds is 4. The molecule has 0 rings (SSSR count). The molecule has 2 nitrogen and oxygen atoms in total. The maximum absolute atomic E-state index is 11.5. The SMILES string of the molecule is CSCCC(C)C(=O)NC(C)(C)C. The van der Waals surface area contributed by atoms with Crippen molar-refractivity contribution in [2.45, 2.75) is 39.7 Å². The van der Waals surface area contributed by atoms with Gasteiger partial charge in [0.25, 0.3) is 0 Å². The Kier molecular flexibility index (Phi) is 5.45. The predicted octanol–water partition coefficient (Wildman–Crippen LogP) is 2.29. The van der Waals surface area contributed by atoms with Crippen molar-refractivity contribution >= 4 is 17.7 Å². The topological polar surface area (TPSA) is 29.1 Å². The molecule has 0 saturated heterocycles. The van der Waals surface area contributed by atoms with Gasteiger partial charge in [0.1, 0.15) is 0 Å². The van der Waals surface area contributed by atoms with E-state index in [0.717, 1.165) is 12.2 Å². The lowest BCUT2D eigenvalue weighted by Crippen LogP contribution is -2.43. The molecule has 0 fully saturated rings. The molecule has 0 aliphatic heterocycles. The van der Waals surface area contributed by atoms with E-state index in [1.54, 1.807) is 11.8 Å². The smallest absolute Gasteiger partial charge is 0.223 e. The first-order chi connectivity index (χ1) is 5.87. The van der Waals surface area contributed by atoms with E-state index in [2.05, 4.69) is 11.6 Å². The van der Waals surface area contributed by atoms with Gasteiger partial charge in [0.15, 0.2) is 0 Å². The third-order valence-corrected chi connectivity index (χ3v) is 2.34. The number of carbonyl (C=O) groups is 1. The molecule has 0 aliphatic rings. The molecule has 13 heavy (non-hydrogen) atoms. The van der Waals surface area contributed by atoms with Crippen LogP contribution in [0.1, 0.15) is 34.1 Å². The summed E-state index contributed by atoms with van der Waals surface area (Å²) in [5.74, 6) is 1.35. The van der Waals surface area contributed by atoms with E-state index in [4.69, 9.17) is 0 Å². The minimum Gasteiger partial charge on any atom is -0.351 e. The Morgan fingerprint density at radius 1 is 1.46 bits per heavy atom. The van der Waals surface area contributed by atoms with Crippen LogP contribution < -0.4 is 5.32 Å². The van der Waals surface area contributed by atoms with Crippen LogP contribution in [0, 0.1) is 5.92 Å². The third-order valence-electron chi connectivity index (χ3n) is 1.70. The van der Waals surface area contributed by atoms with Crippen molar-refractivity contribution < 1.29 is 4.79 Å². The Bertz CT molecular complexity index is 163. The highest BCUT2D eigenvalue weighted by Gasteiger charge is 2.18. The van der Waals surface area contributed by atoms with E-state index in [1.807, 2.05) is 27.7 Å². The summed E-state index contributed by atoms with van der Waals surface area (Å²) in [6, 6.07) is 0. The van der Waals surface area contributed by atoms with Crippen LogP contribution in [0.4, 0.5) is 0 Å². The van der Waals surface area contributed by atoms with Gasteiger partial charge in [-0.2, -0.15) is 11.8 Å². The van der Waals surface area contributed by atoms with E-state index in [1.165, 1.54) is 0 Å². The van der Waals surface area contributed by atoms with Crippen LogP contribution >= 0.6 is 11.8 Å². The molecule has 1 amide bonds. The summed E-state index contributed by atoms with van der Waals surface area (Å²) < 4.78 is 0. The van der Waals surface area contributed by atoms with E-state index < -0.39 is 0 Å². The van der Waals surface area contributed by atoms with Crippen LogP contribution in [-0.4, -0.2) is 23.5 Å². The van der Waals surface area contributed by atoms with Gasteiger partial charge < -0.3 is 5.32 Å². The number of thioether (sulfide) groups is 1. The summed E-state index contributed by atoms with van der Waals surface area (Å²) in [5, 5.41) is 2.98. The van der Waals surface area contributed by atoms with Gasteiger partial charge in [-0.1, -0.05) is 6.92 Å². The first-order valence-electron chi connectivity index (χ1n) is 4.68. The van der Waals surface area contributed by atoms with E-state index in [9.17, 15) is 4.79 Å². The number of hydrogen-bond donors (Lipinski definition) is 1. The molecule has 3 heteroatoms. The predicted molar refractivity (Wildman–Crippen MR) is 60.1 cm³/mol. The zero-order valence-corrected chi connectivity index (χ0v) is 10.1. The maximum atomic E-state index is 11.5.